The highest BCUT2D eigenvalue weighted by molar-refractivity contribution is 5.58. The second kappa shape index (κ2) is 5.37. The zero-order valence-corrected chi connectivity index (χ0v) is 12.8. The van der Waals surface area contributed by atoms with Gasteiger partial charge in [-0.25, -0.2) is 4.39 Å². The maximum Gasteiger partial charge on any atom is 0.248 e. The molecule has 0 fully saturated rings. The number of halogens is 1. The van der Waals surface area contributed by atoms with Crippen LogP contribution in [0.3, 0.4) is 0 Å². The molecule has 22 heavy (non-hydrogen) atoms. The molecule has 4 heteroatoms. The van der Waals surface area contributed by atoms with Gasteiger partial charge in [-0.1, -0.05) is 29.8 Å². The smallest absolute Gasteiger partial charge is 0.248 e. The van der Waals surface area contributed by atoms with E-state index in [9.17, 15) is 4.39 Å². The van der Waals surface area contributed by atoms with E-state index in [1.54, 1.807) is 24.3 Å². The number of benzene rings is 2. The molecule has 0 radical (unpaired) electrons. The lowest BCUT2D eigenvalue weighted by Gasteiger charge is -2.14. The van der Waals surface area contributed by atoms with Crippen molar-refractivity contribution in [3.8, 4) is 22.9 Å². The van der Waals surface area contributed by atoms with Gasteiger partial charge in [0.25, 0.3) is 0 Å². The number of aryl methyl sites for hydroxylation is 1. The topological polar surface area (TPSA) is 38.9 Å². The van der Waals surface area contributed by atoms with Crippen molar-refractivity contribution in [3.63, 3.8) is 0 Å². The SMILES string of the molecule is Cc1ccc(-c2nnc(-c3ccc(C(C)(C)F)cc3)o2)cc1. The van der Waals surface area contributed by atoms with Crippen molar-refractivity contribution in [1.82, 2.24) is 10.2 Å². The van der Waals surface area contributed by atoms with Gasteiger partial charge in [0.15, 0.2) is 0 Å². The number of rotatable bonds is 3. The molecule has 3 aromatic rings. The van der Waals surface area contributed by atoms with Gasteiger partial charge in [0.05, 0.1) is 0 Å². The first-order valence-corrected chi connectivity index (χ1v) is 7.14. The molecular weight excluding hydrogens is 279 g/mol. The molecule has 1 aromatic heterocycles. The van der Waals surface area contributed by atoms with E-state index in [-0.39, 0.29) is 0 Å². The maximum atomic E-state index is 13.9. The lowest BCUT2D eigenvalue weighted by atomic mass is 9.99. The third-order valence-corrected chi connectivity index (χ3v) is 3.54. The zero-order chi connectivity index (χ0) is 15.7. The van der Waals surface area contributed by atoms with E-state index in [4.69, 9.17) is 4.42 Å². The van der Waals surface area contributed by atoms with Crippen molar-refractivity contribution >= 4 is 0 Å². The highest BCUT2D eigenvalue weighted by atomic mass is 19.1. The molecule has 0 aliphatic rings. The van der Waals surface area contributed by atoms with Gasteiger partial charge in [-0.15, -0.1) is 10.2 Å². The monoisotopic (exact) mass is 296 g/mol. The first kappa shape index (κ1) is 14.4. The summed E-state index contributed by atoms with van der Waals surface area (Å²) in [6.07, 6.45) is 0. The van der Waals surface area contributed by atoms with Crippen LogP contribution in [0.25, 0.3) is 22.9 Å². The van der Waals surface area contributed by atoms with E-state index in [1.807, 2.05) is 31.2 Å². The fourth-order valence-electron chi connectivity index (χ4n) is 2.16. The van der Waals surface area contributed by atoms with Crippen LogP contribution in [-0.4, -0.2) is 10.2 Å². The van der Waals surface area contributed by atoms with Gasteiger partial charge in [-0.05, 0) is 50.6 Å². The van der Waals surface area contributed by atoms with Gasteiger partial charge in [0.1, 0.15) is 5.67 Å². The molecule has 1 heterocycles. The molecule has 3 rings (SSSR count). The molecule has 3 nitrogen and oxygen atoms in total. The summed E-state index contributed by atoms with van der Waals surface area (Å²) in [7, 11) is 0. The first-order valence-electron chi connectivity index (χ1n) is 7.14. The predicted octanol–water partition coefficient (Wildman–Crippen LogP) is 4.92. The number of hydrogen-bond donors (Lipinski definition) is 0. The van der Waals surface area contributed by atoms with E-state index in [0.29, 0.717) is 17.3 Å². The van der Waals surface area contributed by atoms with Gasteiger partial charge in [-0.3, -0.25) is 0 Å². The fourth-order valence-corrected chi connectivity index (χ4v) is 2.16. The summed E-state index contributed by atoms with van der Waals surface area (Å²) in [5.74, 6) is 0.906. The van der Waals surface area contributed by atoms with Gasteiger partial charge < -0.3 is 4.42 Å². The van der Waals surface area contributed by atoms with Crippen molar-refractivity contribution < 1.29 is 8.81 Å². The van der Waals surface area contributed by atoms with E-state index >= 15 is 0 Å². The summed E-state index contributed by atoms with van der Waals surface area (Å²) in [6, 6.07) is 15.0. The average Bonchev–Trinajstić information content (AvgIpc) is 2.97. The van der Waals surface area contributed by atoms with E-state index in [1.165, 1.54) is 19.4 Å². The Morgan fingerprint density at radius 2 is 1.27 bits per heavy atom. The standard InChI is InChI=1S/C18H17FN2O/c1-12-4-6-13(7-5-12)16-20-21-17(22-16)14-8-10-15(11-9-14)18(2,3)19/h4-11H,1-3H3. The Labute approximate surface area is 128 Å². The predicted molar refractivity (Wildman–Crippen MR) is 84.0 cm³/mol. The number of aromatic nitrogens is 2. The van der Waals surface area contributed by atoms with Crippen LogP contribution >= 0.6 is 0 Å². The van der Waals surface area contributed by atoms with Gasteiger partial charge in [0, 0.05) is 11.1 Å². The lowest BCUT2D eigenvalue weighted by molar-refractivity contribution is 0.221. The second-order valence-corrected chi connectivity index (χ2v) is 5.83. The van der Waals surface area contributed by atoms with Crippen molar-refractivity contribution in [1.29, 1.82) is 0 Å². The van der Waals surface area contributed by atoms with E-state index in [0.717, 1.165) is 11.1 Å². The minimum atomic E-state index is -1.36. The summed E-state index contributed by atoms with van der Waals surface area (Å²) >= 11 is 0. The van der Waals surface area contributed by atoms with Crippen molar-refractivity contribution in [2.75, 3.05) is 0 Å². The summed E-state index contributed by atoms with van der Waals surface area (Å²) in [6.45, 7) is 5.09. The molecule has 0 aliphatic carbocycles. The Morgan fingerprint density at radius 1 is 0.818 bits per heavy atom. The molecular formula is C18H17FN2O. The third-order valence-electron chi connectivity index (χ3n) is 3.54. The van der Waals surface area contributed by atoms with Gasteiger partial charge in [-0.2, -0.15) is 0 Å². The summed E-state index contributed by atoms with van der Waals surface area (Å²) in [4.78, 5) is 0. The fraction of sp³-hybridized carbons (Fsp3) is 0.222. The van der Waals surface area contributed by atoms with Crippen LogP contribution in [0.15, 0.2) is 52.9 Å². The summed E-state index contributed by atoms with van der Waals surface area (Å²) < 4.78 is 19.6. The molecule has 0 unspecified atom stereocenters. The number of nitrogens with zero attached hydrogens (tertiary/aromatic N) is 2. The Morgan fingerprint density at radius 3 is 1.73 bits per heavy atom. The Balaban J connectivity index is 1.89. The lowest BCUT2D eigenvalue weighted by Crippen LogP contribution is -2.08. The second-order valence-electron chi connectivity index (χ2n) is 5.83. The Hall–Kier alpha value is -2.49. The third kappa shape index (κ3) is 2.91. The highest BCUT2D eigenvalue weighted by Gasteiger charge is 2.19. The van der Waals surface area contributed by atoms with Crippen LogP contribution in [0.1, 0.15) is 25.0 Å². The van der Waals surface area contributed by atoms with Gasteiger partial charge in [0.2, 0.25) is 11.8 Å². The van der Waals surface area contributed by atoms with Crippen LogP contribution < -0.4 is 0 Å². The molecule has 0 amide bonds. The zero-order valence-electron chi connectivity index (χ0n) is 12.8. The average molecular weight is 296 g/mol. The van der Waals surface area contributed by atoms with E-state index in [2.05, 4.69) is 10.2 Å². The van der Waals surface area contributed by atoms with Gasteiger partial charge >= 0.3 is 0 Å². The van der Waals surface area contributed by atoms with E-state index < -0.39 is 5.67 Å². The van der Waals surface area contributed by atoms with Crippen molar-refractivity contribution in [3.05, 3.63) is 59.7 Å². The van der Waals surface area contributed by atoms with Crippen LogP contribution in [0.5, 0.6) is 0 Å². The molecule has 112 valence electrons. The Kier molecular flexibility index (Phi) is 3.53. The van der Waals surface area contributed by atoms with Crippen LogP contribution in [-0.2, 0) is 5.67 Å². The molecule has 0 N–H and O–H groups in total. The summed E-state index contributed by atoms with van der Waals surface area (Å²) in [5.41, 5.74) is 2.09. The maximum absolute atomic E-state index is 13.9. The molecule has 0 aliphatic heterocycles. The van der Waals surface area contributed by atoms with Crippen LogP contribution in [0.4, 0.5) is 4.39 Å². The minimum Gasteiger partial charge on any atom is -0.416 e. The molecule has 0 saturated heterocycles. The molecule has 0 atom stereocenters. The van der Waals surface area contributed by atoms with Crippen molar-refractivity contribution in [2.24, 2.45) is 0 Å². The molecule has 2 aromatic carbocycles. The summed E-state index contributed by atoms with van der Waals surface area (Å²) in [5, 5.41) is 8.14. The molecule has 0 saturated carbocycles. The first-order chi connectivity index (χ1) is 10.4. The normalized spacial score (nSPS) is 11.6. The molecule has 0 spiro atoms. The highest BCUT2D eigenvalue weighted by Crippen LogP contribution is 2.28. The quantitative estimate of drug-likeness (QED) is 0.689. The molecule has 0 bridgehead atoms. The van der Waals surface area contributed by atoms with Crippen molar-refractivity contribution in [2.45, 2.75) is 26.4 Å². The number of alkyl halides is 1. The van der Waals surface area contributed by atoms with Crippen LogP contribution in [0, 0.1) is 6.92 Å². The largest absolute Gasteiger partial charge is 0.416 e. The Bertz CT molecular complexity index is 768. The minimum absolute atomic E-state index is 0.429. The van der Waals surface area contributed by atoms with Crippen LogP contribution in [0.2, 0.25) is 0 Å². The number of hydrogen-bond acceptors (Lipinski definition) is 3.